The zero-order valence-corrected chi connectivity index (χ0v) is 14.2. The van der Waals surface area contributed by atoms with Gasteiger partial charge in [-0.05, 0) is 48.7 Å². The number of imidazole rings is 1. The van der Waals surface area contributed by atoms with Crippen LogP contribution in [-0.2, 0) is 0 Å². The van der Waals surface area contributed by atoms with E-state index in [2.05, 4.69) is 11.1 Å². The van der Waals surface area contributed by atoms with Crippen molar-refractivity contribution in [1.29, 1.82) is 0 Å². The quantitative estimate of drug-likeness (QED) is 0.529. The lowest BCUT2D eigenvalue weighted by Crippen LogP contribution is -2.22. The minimum Gasteiger partial charge on any atom is -0.267 e. The number of rotatable bonds is 1. The molecule has 0 saturated carbocycles. The van der Waals surface area contributed by atoms with Gasteiger partial charge in [-0.2, -0.15) is 0 Å². The van der Waals surface area contributed by atoms with Crippen LogP contribution in [0.1, 0.15) is 16.7 Å². The number of hydrogen-bond donors (Lipinski definition) is 0. The molecule has 0 aliphatic heterocycles. The first-order valence-corrected chi connectivity index (χ1v) is 8.42. The van der Waals surface area contributed by atoms with E-state index in [1.54, 1.807) is 4.40 Å². The molecule has 0 radical (unpaired) electrons. The van der Waals surface area contributed by atoms with Crippen LogP contribution in [0.4, 0.5) is 0 Å². The topological polar surface area (TPSA) is 34.4 Å². The first kappa shape index (κ1) is 14.4. The fourth-order valence-corrected chi connectivity index (χ4v) is 4.00. The second kappa shape index (κ2) is 5.18. The highest BCUT2D eigenvalue weighted by Gasteiger charge is 2.13. The first-order valence-electron chi connectivity index (χ1n) is 7.23. The zero-order chi connectivity index (χ0) is 16.1. The monoisotopic (exact) mass is 340 g/mol. The fourth-order valence-electron chi connectivity index (χ4n) is 2.84. The number of nitrogens with zero attached hydrogens (tertiary/aromatic N) is 2. The van der Waals surface area contributed by atoms with E-state index >= 15 is 0 Å². The summed E-state index contributed by atoms with van der Waals surface area (Å²) in [4.78, 5) is 18.2. The molecule has 23 heavy (non-hydrogen) atoms. The predicted molar refractivity (Wildman–Crippen MR) is 96.6 cm³/mol. The zero-order valence-electron chi connectivity index (χ0n) is 12.6. The van der Waals surface area contributed by atoms with Crippen molar-refractivity contribution in [1.82, 2.24) is 9.38 Å². The number of thiazole rings is 1. The van der Waals surface area contributed by atoms with Crippen molar-refractivity contribution in [3.05, 3.63) is 73.0 Å². The Labute approximate surface area is 141 Å². The summed E-state index contributed by atoms with van der Waals surface area (Å²) in [6, 6.07) is 11.6. The molecule has 2 aromatic carbocycles. The molecule has 0 N–H and O–H groups in total. The van der Waals surface area contributed by atoms with Crippen LogP contribution in [0.25, 0.3) is 22.1 Å². The summed E-state index contributed by atoms with van der Waals surface area (Å²) in [6.45, 7) is 4.05. The minimum absolute atomic E-state index is 0.0441. The summed E-state index contributed by atoms with van der Waals surface area (Å²) in [5.74, 6) is 0. The van der Waals surface area contributed by atoms with Crippen LogP contribution in [-0.4, -0.2) is 9.38 Å². The number of halogens is 1. The lowest BCUT2D eigenvalue weighted by molar-refractivity contribution is 1.18. The summed E-state index contributed by atoms with van der Waals surface area (Å²) in [5, 5.41) is 0.634. The third-order valence-corrected chi connectivity index (χ3v) is 5.18. The van der Waals surface area contributed by atoms with Gasteiger partial charge < -0.3 is 0 Å². The van der Waals surface area contributed by atoms with E-state index < -0.39 is 0 Å². The highest BCUT2D eigenvalue weighted by Crippen LogP contribution is 2.22. The van der Waals surface area contributed by atoms with Crippen molar-refractivity contribution in [3.63, 3.8) is 0 Å². The third-order valence-electron chi connectivity index (χ3n) is 3.87. The van der Waals surface area contributed by atoms with Gasteiger partial charge in [0.1, 0.15) is 0 Å². The van der Waals surface area contributed by atoms with Gasteiger partial charge in [0, 0.05) is 5.02 Å². The van der Waals surface area contributed by atoms with E-state index in [1.807, 2.05) is 50.3 Å². The smallest absolute Gasteiger partial charge is 0.267 e. The van der Waals surface area contributed by atoms with Crippen molar-refractivity contribution in [2.45, 2.75) is 13.8 Å². The Kier molecular flexibility index (Phi) is 3.25. The second-order valence-corrected chi connectivity index (χ2v) is 7.03. The van der Waals surface area contributed by atoms with Crippen LogP contribution in [0, 0.1) is 13.8 Å². The molecule has 2 heterocycles. The largest absolute Gasteiger partial charge is 0.274 e. The maximum absolute atomic E-state index is 12.8. The molecule has 0 bridgehead atoms. The minimum atomic E-state index is -0.0441. The molecule has 0 saturated heterocycles. The van der Waals surface area contributed by atoms with E-state index in [0.29, 0.717) is 9.55 Å². The molecule has 4 rings (SSSR count). The molecule has 4 aromatic rings. The van der Waals surface area contributed by atoms with Crippen LogP contribution < -0.4 is 10.1 Å². The van der Waals surface area contributed by atoms with Gasteiger partial charge in [0.25, 0.3) is 5.56 Å². The number of benzene rings is 2. The summed E-state index contributed by atoms with van der Waals surface area (Å²) in [7, 11) is 0. The summed E-state index contributed by atoms with van der Waals surface area (Å²) in [5.41, 5.74) is 4.77. The maximum Gasteiger partial charge on any atom is 0.274 e. The second-order valence-electron chi connectivity index (χ2n) is 5.62. The standard InChI is InChI=1S/C18H13ClN2OS/c1-10-7-11(2)16-14(8-10)21-17(22)15(23-18(21)20-16)9-12-5-3-4-6-13(12)19/h3-9H,1-2H3/b15-9+. The average Bonchev–Trinajstić information content (AvgIpc) is 3.00. The first-order chi connectivity index (χ1) is 11.0. The van der Waals surface area contributed by atoms with Crippen LogP contribution in [0.5, 0.6) is 0 Å². The van der Waals surface area contributed by atoms with Crippen molar-refractivity contribution in [2.75, 3.05) is 0 Å². The Bertz CT molecular complexity index is 1170. The Morgan fingerprint density at radius 1 is 1.22 bits per heavy atom. The van der Waals surface area contributed by atoms with Gasteiger partial charge in [0.05, 0.1) is 15.6 Å². The highest BCUT2D eigenvalue weighted by molar-refractivity contribution is 7.15. The molecule has 0 spiro atoms. The molecule has 0 aliphatic carbocycles. The van der Waals surface area contributed by atoms with E-state index in [0.717, 1.165) is 32.7 Å². The van der Waals surface area contributed by atoms with Crippen LogP contribution in [0.3, 0.4) is 0 Å². The van der Waals surface area contributed by atoms with Crippen molar-refractivity contribution >= 4 is 45.0 Å². The van der Waals surface area contributed by atoms with Crippen molar-refractivity contribution in [2.24, 2.45) is 0 Å². The molecule has 3 nitrogen and oxygen atoms in total. The third kappa shape index (κ3) is 2.26. The Morgan fingerprint density at radius 3 is 2.78 bits per heavy atom. The lowest BCUT2D eigenvalue weighted by atomic mass is 10.1. The molecule has 0 fully saturated rings. The predicted octanol–water partition coefficient (Wildman–Crippen LogP) is 3.73. The van der Waals surface area contributed by atoms with E-state index in [-0.39, 0.29) is 5.56 Å². The summed E-state index contributed by atoms with van der Waals surface area (Å²) < 4.78 is 2.34. The Hall–Kier alpha value is -2.17. The number of aromatic nitrogens is 2. The molecule has 0 unspecified atom stereocenters. The highest BCUT2D eigenvalue weighted by atomic mass is 35.5. The number of fused-ring (bicyclic) bond motifs is 3. The van der Waals surface area contributed by atoms with Crippen molar-refractivity contribution in [3.8, 4) is 0 Å². The van der Waals surface area contributed by atoms with Gasteiger partial charge in [0.15, 0.2) is 4.96 Å². The van der Waals surface area contributed by atoms with Gasteiger partial charge in [-0.25, -0.2) is 9.38 Å². The molecular formula is C18H13ClN2OS. The summed E-state index contributed by atoms with van der Waals surface area (Å²) in [6.07, 6.45) is 1.83. The molecule has 0 amide bonds. The van der Waals surface area contributed by atoms with Gasteiger partial charge in [0.2, 0.25) is 0 Å². The van der Waals surface area contributed by atoms with Crippen molar-refractivity contribution < 1.29 is 0 Å². The molecule has 2 aromatic heterocycles. The van der Waals surface area contributed by atoms with Gasteiger partial charge in [-0.1, -0.05) is 47.2 Å². The van der Waals surface area contributed by atoms with Gasteiger partial charge >= 0.3 is 0 Å². The van der Waals surface area contributed by atoms with Crippen LogP contribution in [0.2, 0.25) is 5.02 Å². The average molecular weight is 341 g/mol. The molecule has 5 heteroatoms. The van der Waals surface area contributed by atoms with E-state index in [1.165, 1.54) is 11.3 Å². The van der Waals surface area contributed by atoms with Crippen LogP contribution in [0.15, 0.2) is 41.2 Å². The van der Waals surface area contributed by atoms with Crippen LogP contribution >= 0.6 is 22.9 Å². The molecule has 0 aliphatic rings. The van der Waals surface area contributed by atoms with E-state index in [4.69, 9.17) is 11.6 Å². The Morgan fingerprint density at radius 2 is 2.00 bits per heavy atom. The maximum atomic E-state index is 12.8. The summed E-state index contributed by atoms with van der Waals surface area (Å²) >= 11 is 7.58. The number of aryl methyl sites for hydroxylation is 2. The normalized spacial score (nSPS) is 12.6. The Balaban J connectivity index is 2.07. The molecular weight excluding hydrogens is 328 g/mol. The number of hydrogen-bond acceptors (Lipinski definition) is 3. The van der Waals surface area contributed by atoms with Gasteiger partial charge in [-0.15, -0.1) is 0 Å². The molecule has 114 valence electrons. The molecule has 0 atom stereocenters. The lowest BCUT2D eigenvalue weighted by Gasteiger charge is -1.97. The van der Waals surface area contributed by atoms with Gasteiger partial charge in [-0.3, -0.25) is 4.79 Å². The van der Waals surface area contributed by atoms with E-state index in [9.17, 15) is 4.79 Å². The fraction of sp³-hybridized carbons (Fsp3) is 0.111. The SMILES string of the molecule is Cc1cc(C)c2nc3s/c(=C/c4ccccc4Cl)c(=O)n3c2c1.